The predicted octanol–water partition coefficient (Wildman–Crippen LogP) is 4.70. The molecule has 2 aromatic rings. The number of anilines is 1. The van der Waals surface area contributed by atoms with Gasteiger partial charge in [0, 0.05) is 9.26 Å². The Morgan fingerprint density at radius 2 is 1.76 bits per heavy atom. The van der Waals surface area contributed by atoms with Crippen molar-refractivity contribution >= 4 is 34.2 Å². The first-order chi connectivity index (χ1) is 9.77. The molecule has 0 aliphatic carbocycles. The van der Waals surface area contributed by atoms with Crippen LogP contribution in [0.1, 0.15) is 15.9 Å². The molecule has 0 saturated heterocycles. The van der Waals surface area contributed by atoms with E-state index in [1.807, 2.05) is 22.6 Å². The van der Waals surface area contributed by atoms with Gasteiger partial charge < -0.3 is 5.32 Å². The smallest absolute Gasteiger partial charge is 0.322 e. The van der Waals surface area contributed by atoms with Crippen molar-refractivity contribution in [2.75, 3.05) is 5.32 Å². The standard InChI is InChI=1S/C14H8F4INO/c15-9-5-8(14(16,17)18)6-10(7-9)20-13(21)11-3-1-2-4-12(11)19/h1-7H,(H,20,21). The average Bonchev–Trinajstić information content (AvgIpc) is 2.37. The molecule has 21 heavy (non-hydrogen) atoms. The van der Waals surface area contributed by atoms with Crippen molar-refractivity contribution in [3.05, 3.63) is 63.0 Å². The average molecular weight is 409 g/mol. The second-order valence-corrected chi connectivity index (χ2v) is 5.32. The summed E-state index contributed by atoms with van der Waals surface area (Å²) in [6.45, 7) is 0. The molecule has 2 rings (SSSR count). The van der Waals surface area contributed by atoms with Crippen LogP contribution in [-0.2, 0) is 6.18 Å². The highest BCUT2D eigenvalue weighted by molar-refractivity contribution is 14.1. The minimum absolute atomic E-state index is 0.244. The molecule has 110 valence electrons. The molecule has 0 fully saturated rings. The van der Waals surface area contributed by atoms with E-state index in [1.54, 1.807) is 18.2 Å². The number of carbonyl (C=O) groups excluding carboxylic acids is 1. The molecule has 0 aliphatic rings. The Kier molecular flexibility index (Phi) is 4.50. The minimum Gasteiger partial charge on any atom is -0.322 e. The molecule has 0 saturated carbocycles. The third kappa shape index (κ3) is 3.93. The monoisotopic (exact) mass is 409 g/mol. The number of carbonyl (C=O) groups is 1. The maximum absolute atomic E-state index is 13.2. The Labute approximate surface area is 131 Å². The van der Waals surface area contributed by atoms with Crippen LogP contribution in [0.5, 0.6) is 0 Å². The van der Waals surface area contributed by atoms with Crippen LogP contribution in [0.2, 0.25) is 0 Å². The molecule has 1 amide bonds. The third-order valence-electron chi connectivity index (χ3n) is 2.60. The van der Waals surface area contributed by atoms with E-state index in [-0.39, 0.29) is 5.69 Å². The van der Waals surface area contributed by atoms with Crippen molar-refractivity contribution in [2.45, 2.75) is 6.18 Å². The van der Waals surface area contributed by atoms with E-state index in [0.29, 0.717) is 21.3 Å². The van der Waals surface area contributed by atoms with Crippen LogP contribution < -0.4 is 5.32 Å². The number of benzene rings is 2. The van der Waals surface area contributed by atoms with Crippen LogP contribution in [0.4, 0.5) is 23.2 Å². The van der Waals surface area contributed by atoms with Crippen LogP contribution >= 0.6 is 22.6 Å². The molecule has 2 nitrogen and oxygen atoms in total. The van der Waals surface area contributed by atoms with Crippen molar-refractivity contribution in [3.8, 4) is 0 Å². The molecule has 0 aromatic heterocycles. The summed E-state index contributed by atoms with van der Waals surface area (Å²) in [6, 6.07) is 8.47. The zero-order valence-corrected chi connectivity index (χ0v) is 12.5. The summed E-state index contributed by atoms with van der Waals surface area (Å²) in [4.78, 5) is 12.0. The molecule has 0 radical (unpaired) electrons. The first-order valence-electron chi connectivity index (χ1n) is 5.71. The summed E-state index contributed by atoms with van der Waals surface area (Å²) in [5.74, 6) is -1.67. The van der Waals surface area contributed by atoms with Crippen molar-refractivity contribution in [1.82, 2.24) is 0 Å². The van der Waals surface area contributed by atoms with Gasteiger partial charge in [-0.05, 0) is 52.9 Å². The minimum atomic E-state index is -4.68. The van der Waals surface area contributed by atoms with Gasteiger partial charge >= 0.3 is 6.18 Å². The summed E-state index contributed by atoms with van der Waals surface area (Å²) in [7, 11) is 0. The number of rotatable bonds is 2. The second kappa shape index (κ2) is 6.00. The van der Waals surface area contributed by atoms with Gasteiger partial charge in [-0.3, -0.25) is 4.79 Å². The van der Waals surface area contributed by atoms with Crippen LogP contribution in [0.3, 0.4) is 0 Å². The second-order valence-electron chi connectivity index (χ2n) is 4.16. The summed E-state index contributed by atoms with van der Waals surface area (Å²) < 4.78 is 51.7. The lowest BCUT2D eigenvalue weighted by Crippen LogP contribution is -2.14. The van der Waals surface area contributed by atoms with Gasteiger partial charge in [-0.15, -0.1) is 0 Å². The Bertz CT molecular complexity index is 685. The lowest BCUT2D eigenvalue weighted by Gasteiger charge is -2.11. The van der Waals surface area contributed by atoms with Gasteiger partial charge in [-0.25, -0.2) is 4.39 Å². The molecule has 2 aromatic carbocycles. The fourth-order valence-electron chi connectivity index (χ4n) is 1.67. The molecule has 1 N–H and O–H groups in total. The Hall–Kier alpha value is -1.64. The number of hydrogen-bond donors (Lipinski definition) is 1. The summed E-state index contributed by atoms with van der Waals surface area (Å²) in [5, 5.41) is 2.27. The van der Waals surface area contributed by atoms with E-state index in [9.17, 15) is 22.4 Å². The number of amides is 1. The van der Waals surface area contributed by atoms with Gasteiger partial charge in [0.25, 0.3) is 5.91 Å². The van der Waals surface area contributed by atoms with E-state index in [0.717, 1.165) is 6.07 Å². The SMILES string of the molecule is O=C(Nc1cc(F)cc(C(F)(F)F)c1)c1ccccc1I. The quantitative estimate of drug-likeness (QED) is 0.566. The number of halogens is 5. The van der Waals surface area contributed by atoms with Gasteiger partial charge in [0.05, 0.1) is 11.1 Å². The maximum atomic E-state index is 13.2. The maximum Gasteiger partial charge on any atom is 0.416 e. The van der Waals surface area contributed by atoms with Gasteiger partial charge in [0.2, 0.25) is 0 Å². The molecule has 7 heteroatoms. The molecule has 0 heterocycles. The first kappa shape index (κ1) is 15.7. The van der Waals surface area contributed by atoms with Crippen molar-refractivity contribution in [2.24, 2.45) is 0 Å². The Morgan fingerprint density at radius 3 is 2.38 bits per heavy atom. The van der Waals surface area contributed by atoms with Crippen LogP contribution in [0.25, 0.3) is 0 Å². The number of alkyl halides is 3. The van der Waals surface area contributed by atoms with Gasteiger partial charge in [-0.1, -0.05) is 12.1 Å². The first-order valence-corrected chi connectivity index (χ1v) is 6.79. The fraction of sp³-hybridized carbons (Fsp3) is 0.0714. The van der Waals surface area contributed by atoms with E-state index in [1.165, 1.54) is 6.07 Å². The van der Waals surface area contributed by atoms with Gasteiger partial charge in [-0.2, -0.15) is 13.2 Å². The lowest BCUT2D eigenvalue weighted by atomic mass is 10.1. The molecule has 0 bridgehead atoms. The Morgan fingerprint density at radius 1 is 1.10 bits per heavy atom. The zero-order valence-electron chi connectivity index (χ0n) is 10.3. The van der Waals surface area contributed by atoms with E-state index < -0.39 is 23.5 Å². The van der Waals surface area contributed by atoms with E-state index in [4.69, 9.17) is 0 Å². The van der Waals surface area contributed by atoms with Crippen molar-refractivity contribution in [3.63, 3.8) is 0 Å². The highest BCUT2D eigenvalue weighted by atomic mass is 127. The summed E-state index contributed by atoms with van der Waals surface area (Å²) in [6.07, 6.45) is -4.68. The van der Waals surface area contributed by atoms with E-state index >= 15 is 0 Å². The third-order valence-corrected chi connectivity index (χ3v) is 3.54. The van der Waals surface area contributed by atoms with Crippen LogP contribution in [0, 0.1) is 9.39 Å². The predicted molar refractivity (Wildman–Crippen MR) is 78.5 cm³/mol. The molecule has 0 spiro atoms. The zero-order chi connectivity index (χ0) is 15.6. The summed E-state index contributed by atoms with van der Waals surface area (Å²) >= 11 is 1.93. The normalized spacial score (nSPS) is 11.3. The molecular weight excluding hydrogens is 401 g/mol. The number of hydrogen-bond acceptors (Lipinski definition) is 1. The highest BCUT2D eigenvalue weighted by Crippen LogP contribution is 2.31. The van der Waals surface area contributed by atoms with Crippen molar-refractivity contribution < 1.29 is 22.4 Å². The van der Waals surface area contributed by atoms with Crippen LogP contribution in [0.15, 0.2) is 42.5 Å². The van der Waals surface area contributed by atoms with E-state index in [2.05, 4.69) is 5.32 Å². The van der Waals surface area contributed by atoms with Gasteiger partial charge in [0.1, 0.15) is 5.82 Å². The molecule has 0 aliphatic heterocycles. The molecule has 0 unspecified atom stereocenters. The topological polar surface area (TPSA) is 29.1 Å². The molecular formula is C14H8F4INO. The summed E-state index contributed by atoms with van der Waals surface area (Å²) in [5.41, 5.74) is -1.09. The number of nitrogens with one attached hydrogen (secondary N) is 1. The Balaban J connectivity index is 2.30. The molecule has 0 atom stereocenters. The largest absolute Gasteiger partial charge is 0.416 e. The van der Waals surface area contributed by atoms with Crippen molar-refractivity contribution in [1.29, 1.82) is 0 Å². The van der Waals surface area contributed by atoms with Crippen LogP contribution in [-0.4, -0.2) is 5.91 Å². The highest BCUT2D eigenvalue weighted by Gasteiger charge is 2.31. The fourth-order valence-corrected chi connectivity index (χ4v) is 2.30. The lowest BCUT2D eigenvalue weighted by molar-refractivity contribution is -0.137. The van der Waals surface area contributed by atoms with Gasteiger partial charge in [0.15, 0.2) is 0 Å².